The van der Waals surface area contributed by atoms with Gasteiger partial charge in [0.15, 0.2) is 5.78 Å². The summed E-state index contributed by atoms with van der Waals surface area (Å²) in [6, 6.07) is 7.19. The maximum absolute atomic E-state index is 12.7. The van der Waals surface area contributed by atoms with Crippen molar-refractivity contribution in [3.8, 4) is 11.3 Å². The van der Waals surface area contributed by atoms with Crippen LogP contribution >= 0.6 is 11.6 Å². The van der Waals surface area contributed by atoms with Crippen molar-refractivity contribution in [1.29, 1.82) is 0 Å². The van der Waals surface area contributed by atoms with Crippen LogP contribution in [0.5, 0.6) is 0 Å². The maximum atomic E-state index is 12.7. The summed E-state index contributed by atoms with van der Waals surface area (Å²) in [4.78, 5) is 11.2. The Balaban J connectivity index is 2.55. The number of carbonyl (C=O) groups is 1. The normalized spacial score (nSPS) is 11.6. The summed E-state index contributed by atoms with van der Waals surface area (Å²) in [7, 11) is 0. The standard InChI is InChI=1S/C13H8ClF3O2/c1-7(18)10-6-11(19-12(10)13(15,16)17)8-2-4-9(14)5-3-8/h2-6H,1H3. The van der Waals surface area contributed by atoms with Crippen molar-refractivity contribution in [1.82, 2.24) is 0 Å². The molecule has 2 rings (SSSR count). The number of halogens is 4. The number of furan rings is 1. The molecule has 0 atom stereocenters. The van der Waals surface area contributed by atoms with Gasteiger partial charge in [-0.1, -0.05) is 11.6 Å². The first-order valence-electron chi connectivity index (χ1n) is 5.27. The number of ketones is 1. The van der Waals surface area contributed by atoms with Crippen molar-refractivity contribution in [2.45, 2.75) is 13.1 Å². The maximum Gasteiger partial charge on any atom is 0.450 e. The lowest BCUT2D eigenvalue weighted by Crippen LogP contribution is -2.08. The van der Waals surface area contributed by atoms with E-state index >= 15 is 0 Å². The molecule has 0 radical (unpaired) electrons. The van der Waals surface area contributed by atoms with Crippen LogP contribution in [0.25, 0.3) is 11.3 Å². The van der Waals surface area contributed by atoms with Gasteiger partial charge in [-0.05, 0) is 37.3 Å². The average molecular weight is 289 g/mol. The Kier molecular flexibility index (Phi) is 3.41. The second-order valence-corrected chi connectivity index (χ2v) is 4.35. The van der Waals surface area contributed by atoms with Crippen LogP contribution in [-0.4, -0.2) is 5.78 Å². The first kappa shape index (κ1) is 13.7. The molecule has 0 aliphatic carbocycles. The largest absolute Gasteiger partial charge is 0.451 e. The highest BCUT2D eigenvalue weighted by molar-refractivity contribution is 6.30. The van der Waals surface area contributed by atoms with Crippen molar-refractivity contribution in [2.75, 3.05) is 0 Å². The van der Waals surface area contributed by atoms with E-state index in [4.69, 9.17) is 16.0 Å². The number of benzene rings is 1. The second kappa shape index (κ2) is 4.74. The van der Waals surface area contributed by atoms with Gasteiger partial charge in [-0.15, -0.1) is 0 Å². The molecule has 0 saturated carbocycles. The van der Waals surface area contributed by atoms with Gasteiger partial charge in [0, 0.05) is 10.6 Å². The first-order valence-corrected chi connectivity index (χ1v) is 5.64. The molecule has 0 aliphatic heterocycles. The van der Waals surface area contributed by atoms with E-state index in [9.17, 15) is 18.0 Å². The highest BCUT2D eigenvalue weighted by Crippen LogP contribution is 2.37. The Bertz CT molecular complexity index is 612. The molecule has 6 heteroatoms. The fraction of sp³-hybridized carbons (Fsp3) is 0.154. The van der Waals surface area contributed by atoms with E-state index in [1.165, 1.54) is 24.3 Å². The van der Waals surface area contributed by atoms with Gasteiger partial charge < -0.3 is 4.42 Å². The highest BCUT2D eigenvalue weighted by atomic mass is 35.5. The number of hydrogen-bond donors (Lipinski definition) is 0. The van der Waals surface area contributed by atoms with Gasteiger partial charge in [0.25, 0.3) is 0 Å². The topological polar surface area (TPSA) is 30.2 Å². The summed E-state index contributed by atoms with van der Waals surface area (Å²) < 4.78 is 43.0. The van der Waals surface area contributed by atoms with Crippen LogP contribution in [-0.2, 0) is 6.18 Å². The van der Waals surface area contributed by atoms with Gasteiger partial charge in [-0.3, -0.25) is 4.79 Å². The van der Waals surface area contributed by atoms with E-state index in [2.05, 4.69) is 0 Å². The third-order valence-electron chi connectivity index (χ3n) is 2.50. The Labute approximate surface area is 111 Å². The number of carbonyl (C=O) groups excluding carboxylic acids is 1. The lowest BCUT2D eigenvalue weighted by molar-refractivity contribution is -0.153. The second-order valence-electron chi connectivity index (χ2n) is 3.91. The molecule has 0 saturated heterocycles. The van der Waals surface area contributed by atoms with E-state index < -0.39 is 23.3 Å². The Morgan fingerprint density at radius 1 is 1.21 bits per heavy atom. The zero-order valence-corrected chi connectivity index (χ0v) is 10.5. The molecule has 1 heterocycles. The van der Waals surface area contributed by atoms with Gasteiger partial charge in [0.2, 0.25) is 5.76 Å². The third-order valence-corrected chi connectivity index (χ3v) is 2.75. The van der Waals surface area contributed by atoms with Gasteiger partial charge in [-0.25, -0.2) is 0 Å². The lowest BCUT2D eigenvalue weighted by atomic mass is 10.1. The van der Waals surface area contributed by atoms with Crippen molar-refractivity contribution in [3.05, 3.63) is 46.7 Å². The summed E-state index contributed by atoms with van der Waals surface area (Å²) in [5, 5.41) is 0.457. The molecule has 19 heavy (non-hydrogen) atoms. The molecule has 0 fully saturated rings. The minimum Gasteiger partial charge on any atom is -0.451 e. The molecule has 2 aromatic rings. The molecule has 0 unspecified atom stereocenters. The molecule has 0 spiro atoms. The van der Waals surface area contributed by atoms with Crippen LogP contribution in [0, 0.1) is 0 Å². The predicted molar refractivity (Wildman–Crippen MR) is 64.2 cm³/mol. The molecule has 0 bridgehead atoms. The monoisotopic (exact) mass is 288 g/mol. The molecule has 100 valence electrons. The molecule has 1 aromatic carbocycles. The molecule has 0 amide bonds. The first-order chi connectivity index (χ1) is 8.79. The fourth-order valence-corrected chi connectivity index (χ4v) is 1.75. The summed E-state index contributed by atoms with van der Waals surface area (Å²) in [5.41, 5.74) is -0.0557. The molecular formula is C13H8ClF3O2. The highest BCUT2D eigenvalue weighted by Gasteiger charge is 2.39. The van der Waals surface area contributed by atoms with E-state index in [-0.39, 0.29) is 5.76 Å². The van der Waals surface area contributed by atoms with Gasteiger partial charge >= 0.3 is 6.18 Å². The summed E-state index contributed by atoms with van der Waals surface area (Å²) in [6.45, 7) is 1.06. The smallest absolute Gasteiger partial charge is 0.450 e. The van der Waals surface area contributed by atoms with Crippen LogP contribution < -0.4 is 0 Å². The number of hydrogen-bond acceptors (Lipinski definition) is 2. The number of rotatable bonds is 2. The molecule has 0 N–H and O–H groups in total. The van der Waals surface area contributed by atoms with E-state index in [1.54, 1.807) is 0 Å². The summed E-state index contributed by atoms with van der Waals surface area (Å²) in [6.07, 6.45) is -4.70. The Hall–Kier alpha value is -1.75. The van der Waals surface area contributed by atoms with Crippen molar-refractivity contribution in [3.63, 3.8) is 0 Å². The quantitative estimate of drug-likeness (QED) is 0.742. The van der Waals surface area contributed by atoms with Crippen LogP contribution in [0.3, 0.4) is 0 Å². The molecule has 2 nitrogen and oxygen atoms in total. The third kappa shape index (κ3) is 2.81. The van der Waals surface area contributed by atoms with Crippen molar-refractivity contribution >= 4 is 17.4 Å². The zero-order valence-electron chi connectivity index (χ0n) is 9.72. The molecular weight excluding hydrogens is 281 g/mol. The van der Waals surface area contributed by atoms with Gasteiger partial charge in [-0.2, -0.15) is 13.2 Å². The lowest BCUT2D eigenvalue weighted by Gasteiger charge is -2.03. The van der Waals surface area contributed by atoms with Crippen LogP contribution in [0.15, 0.2) is 34.7 Å². The molecule has 0 aliphatic rings. The van der Waals surface area contributed by atoms with Crippen molar-refractivity contribution in [2.24, 2.45) is 0 Å². The zero-order chi connectivity index (χ0) is 14.2. The Morgan fingerprint density at radius 2 is 1.79 bits per heavy atom. The number of Topliss-reactive ketones (excluding diaryl/α,β-unsaturated/α-hetero) is 1. The predicted octanol–water partition coefficient (Wildman–Crippen LogP) is 4.82. The molecule has 1 aromatic heterocycles. The summed E-state index contributed by atoms with van der Waals surface area (Å²) in [5.74, 6) is -1.99. The minimum absolute atomic E-state index is 0.0193. The van der Waals surface area contributed by atoms with Crippen LogP contribution in [0.1, 0.15) is 23.0 Å². The van der Waals surface area contributed by atoms with E-state index in [0.29, 0.717) is 10.6 Å². The van der Waals surface area contributed by atoms with Gasteiger partial charge in [0.05, 0.1) is 5.56 Å². The average Bonchev–Trinajstić information content (AvgIpc) is 2.74. The Morgan fingerprint density at radius 3 is 2.21 bits per heavy atom. The fourth-order valence-electron chi connectivity index (χ4n) is 1.62. The minimum atomic E-state index is -4.70. The van der Waals surface area contributed by atoms with Crippen LogP contribution in [0.2, 0.25) is 5.02 Å². The SMILES string of the molecule is CC(=O)c1cc(-c2ccc(Cl)cc2)oc1C(F)(F)F. The van der Waals surface area contributed by atoms with Crippen molar-refractivity contribution < 1.29 is 22.4 Å². The summed E-state index contributed by atoms with van der Waals surface area (Å²) >= 11 is 5.69. The van der Waals surface area contributed by atoms with E-state index in [0.717, 1.165) is 13.0 Å². The van der Waals surface area contributed by atoms with Crippen LogP contribution in [0.4, 0.5) is 13.2 Å². The van der Waals surface area contributed by atoms with E-state index in [1.807, 2.05) is 0 Å². The van der Waals surface area contributed by atoms with Gasteiger partial charge in [0.1, 0.15) is 5.76 Å². The number of alkyl halides is 3.